The monoisotopic (exact) mass is 352 g/mol. The Bertz CT molecular complexity index is 598. The van der Waals surface area contributed by atoms with Crippen LogP contribution in [0.4, 0.5) is 5.69 Å². The summed E-state index contributed by atoms with van der Waals surface area (Å²) in [5.74, 6) is 1.11. The van der Waals surface area contributed by atoms with Crippen LogP contribution < -0.4 is 4.90 Å². The van der Waals surface area contributed by atoms with E-state index in [0.29, 0.717) is 0 Å². The number of hydrogen-bond acceptors (Lipinski definition) is 4. The first-order valence-corrected chi connectivity index (χ1v) is 10.1. The number of fused-ring (bicyclic) bond motifs is 1. The highest BCUT2D eigenvalue weighted by molar-refractivity contribution is 8.14. The van der Waals surface area contributed by atoms with Crippen molar-refractivity contribution in [1.29, 1.82) is 0 Å². The molecule has 0 unspecified atom stereocenters. The first-order valence-electron chi connectivity index (χ1n) is 7.92. The van der Waals surface area contributed by atoms with E-state index in [2.05, 4.69) is 35.0 Å². The minimum atomic E-state index is 0.812. The predicted octanol–water partition coefficient (Wildman–Crippen LogP) is 5.82. The molecule has 1 aromatic rings. The molecule has 0 atom stereocenters. The predicted molar refractivity (Wildman–Crippen MR) is 102 cm³/mol. The maximum absolute atomic E-state index is 6.21. The minimum absolute atomic E-state index is 0.812. The van der Waals surface area contributed by atoms with Crippen LogP contribution >= 0.6 is 35.1 Å². The third kappa shape index (κ3) is 3.84. The average Bonchev–Trinajstić information content (AvgIpc) is 3.12. The van der Waals surface area contributed by atoms with Crippen LogP contribution in [0, 0.1) is 0 Å². The molecule has 0 fully saturated rings. The van der Waals surface area contributed by atoms with Crippen LogP contribution in [0.2, 0.25) is 5.02 Å². The molecule has 2 aliphatic heterocycles. The smallest absolute Gasteiger partial charge is 0.0931 e. The largest absolute Gasteiger partial charge is 0.335 e. The molecule has 0 radical (unpaired) electrons. The fourth-order valence-electron chi connectivity index (χ4n) is 2.65. The molecule has 1 aromatic carbocycles. The zero-order valence-corrected chi connectivity index (χ0v) is 15.2. The summed E-state index contributed by atoms with van der Waals surface area (Å²) in [7, 11) is 0. The highest BCUT2D eigenvalue weighted by Gasteiger charge is 2.25. The van der Waals surface area contributed by atoms with E-state index in [-0.39, 0.29) is 0 Å². The number of aliphatic imine (C=N–C) groups is 1. The van der Waals surface area contributed by atoms with Crippen molar-refractivity contribution in [2.75, 3.05) is 23.7 Å². The molecule has 0 N–H and O–H groups in total. The van der Waals surface area contributed by atoms with Crippen molar-refractivity contribution in [2.24, 2.45) is 4.99 Å². The maximum Gasteiger partial charge on any atom is 0.0931 e. The summed E-state index contributed by atoms with van der Waals surface area (Å²) in [4.78, 5) is 8.28. The highest BCUT2D eigenvalue weighted by atomic mass is 35.5. The topological polar surface area (TPSA) is 15.6 Å². The summed E-state index contributed by atoms with van der Waals surface area (Å²) in [6.07, 6.45) is 7.34. The van der Waals surface area contributed by atoms with Crippen LogP contribution in [0.25, 0.3) is 0 Å². The maximum atomic E-state index is 6.21. The van der Waals surface area contributed by atoms with Gasteiger partial charge in [0.25, 0.3) is 0 Å². The lowest BCUT2D eigenvalue weighted by Gasteiger charge is -2.20. The Morgan fingerprint density at radius 2 is 2.23 bits per heavy atom. The van der Waals surface area contributed by atoms with Crippen LogP contribution in [0.3, 0.4) is 0 Å². The van der Waals surface area contributed by atoms with Gasteiger partial charge in [0.05, 0.1) is 15.8 Å². The molecule has 0 spiro atoms. The number of rotatable bonds is 6. The summed E-state index contributed by atoms with van der Waals surface area (Å²) >= 11 is 9.90. The number of nitrogens with zero attached hydrogens (tertiary/aromatic N) is 2. The normalized spacial score (nSPS) is 18.9. The lowest BCUT2D eigenvalue weighted by molar-refractivity contribution is 0.666. The SMILES string of the molecule is CCCCCCN1C(=CC2=NCCS2)Sc2ccc(Cl)cc21. The molecule has 0 saturated heterocycles. The van der Waals surface area contributed by atoms with Crippen molar-refractivity contribution < 1.29 is 0 Å². The van der Waals surface area contributed by atoms with Gasteiger partial charge in [-0.2, -0.15) is 0 Å². The Balaban J connectivity index is 1.80. The van der Waals surface area contributed by atoms with Crippen molar-refractivity contribution in [1.82, 2.24) is 0 Å². The van der Waals surface area contributed by atoms with E-state index in [9.17, 15) is 0 Å². The van der Waals surface area contributed by atoms with Gasteiger partial charge in [-0.1, -0.05) is 49.5 Å². The summed E-state index contributed by atoms with van der Waals surface area (Å²) in [5.41, 5.74) is 1.25. The highest BCUT2D eigenvalue weighted by Crippen LogP contribution is 2.47. The minimum Gasteiger partial charge on any atom is -0.335 e. The summed E-state index contributed by atoms with van der Waals surface area (Å²) in [6.45, 7) is 4.26. The second kappa shape index (κ2) is 7.80. The van der Waals surface area contributed by atoms with Gasteiger partial charge in [0.1, 0.15) is 0 Å². The van der Waals surface area contributed by atoms with E-state index in [1.807, 2.05) is 29.6 Å². The van der Waals surface area contributed by atoms with E-state index in [1.165, 1.54) is 46.3 Å². The average molecular weight is 353 g/mol. The van der Waals surface area contributed by atoms with Crippen molar-refractivity contribution in [3.8, 4) is 0 Å². The Morgan fingerprint density at radius 1 is 1.32 bits per heavy atom. The Morgan fingerprint density at radius 3 is 3.00 bits per heavy atom. The molecular formula is C17H21ClN2S2. The van der Waals surface area contributed by atoms with Gasteiger partial charge in [0.15, 0.2) is 0 Å². The second-order valence-corrected chi connectivity index (χ2v) is 8.09. The van der Waals surface area contributed by atoms with Crippen LogP contribution in [0.15, 0.2) is 39.2 Å². The van der Waals surface area contributed by atoms with Crippen molar-refractivity contribution >= 4 is 45.9 Å². The molecule has 118 valence electrons. The fourth-order valence-corrected chi connectivity index (χ4v) is 4.77. The molecule has 0 aromatic heterocycles. The molecule has 0 saturated carbocycles. The van der Waals surface area contributed by atoms with Gasteiger partial charge in [-0.3, -0.25) is 4.99 Å². The number of benzene rings is 1. The van der Waals surface area contributed by atoms with Gasteiger partial charge in [0, 0.05) is 34.8 Å². The van der Waals surface area contributed by atoms with Crippen molar-refractivity contribution in [3.63, 3.8) is 0 Å². The molecule has 22 heavy (non-hydrogen) atoms. The molecule has 2 aliphatic rings. The fraction of sp³-hybridized carbons (Fsp3) is 0.471. The van der Waals surface area contributed by atoms with Crippen molar-refractivity contribution in [3.05, 3.63) is 34.3 Å². The number of anilines is 1. The Hall–Kier alpha value is -0.580. The van der Waals surface area contributed by atoms with Crippen LogP contribution in [0.1, 0.15) is 32.6 Å². The molecule has 2 nitrogen and oxygen atoms in total. The van der Waals surface area contributed by atoms with Crippen LogP contribution in [0.5, 0.6) is 0 Å². The molecule has 3 rings (SSSR count). The first-order chi connectivity index (χ1) is 10.8. The van der Waals surface area contributed by atoms with Crippen LogP contribution in [-0.2, 0) is 0 Å². The first kappa shape index (κ1) is 16.3. The van der Waals surface area contributed by atoms with Crippen LogP contribution in [-0.4, -0.2) is 23.9 Å². The van der Waals surface area contributed by atoms with Crippen molar-refractivity contribution in [2.45, 2.75) is 37.5 Å². The summed E-state index contributed by atoms with van der Waals surface area (Å²) in [6, 6.07) is 6.20. The third-order valence-electron chi connectivity index (χ3n) is 3.78. The standard InChI is InChI=1S/C17H21ClN2S2/c1-2-3-4-5-9-20-14-11-13(18)6-7-15(14)22-17(20)12-16-19-8-10-21-16/h6-7,11-12H,2-5,8-10H2,1H3. The number of thioether (sulfide) groups is 2. The van der Waals surface area contributed by atoms with Gasteiger partial charge in [-0.25, -0.2) is 0 Å². The van der Waals surface area contributed by atoms with Gasteiger partial charge < -0.3 is 4.90 Å². The number of hydrogen-bond donors (Lipinski definition) is 0. The molecule has 0 amide bonds. The lowest BCUT2D eigenvalue weighted by Crippen LogP contribution is -2.19. The third-order valence-corrected chi connectivity index (χ3v) is 6.06. The number of unbranched alkanes of at least 4 members (excludes halogenated alkanes) is 3. The van der Waals surface area contributed by atoms with E-state index in [1.54, 1.807) is 0 Å². The quantitative estimate of drug-likeness (QED) is 0.600. The second-order valence-electron chi connectivity index (χ2n) is 5.48. The number of halogens is 1. The van der Waals surface area contributed by atoms with Gasteiger partial charge in [0.2, 0.25) is 0 Å². The van der Waals surface area contributed by atoms with Gasteiger partial charge in [-0.05, 0) is 24.6 Å². The molecule has 0 bridgehead atoms. The molecule has 0 aliphatic carbocycles. The molecule has 5 heteroatoms. The Kier molecular flexibility index (Phi) is 5.77. The lowest BCUT2D eigenvalue weighted by atomic mass is 10.2. The van der Waals surface area contributed by atoms with E-state index in [0.717, 1.165) is 23.9 Å². The van der Waals surface area contributed by atoms with E-state index >= 15 is 0 Å². The van der Waals surface area contributed by atoms with E-state index in [4.69, 9.17) is 11.6 Å². The van der Waals surface area contributed by atoms with E-state index < -0.39 is 0 Å². The summed E-state index contributed by atoms with van der Waals surface area (Å²) in [5, 5.41) is 3.27. The zero-order valence-electron chi connectivity index (χ0n) is 12.8. The molecular weight excluding hydrogens is 332 g/mol. The van der Waals surface area contributed by atoms with Gasteiger partial charge >= 0.3 is 0 Å². The van der Waals surface area contributed by atoms with Gasteiger partial charge in [-0.15, -0.1) is 11.8 Å². The Labute approximate surface area is 146 Å². The summed E-state index contributed by atoms with van der Waals surface area (Å²) < 4.78 is 0. The zero-order chi connectivity index (χ0) is 15.4. The molecule has 2 heterocycles.